The fraction of sp³-hybridized carbons (Fsp3) is 0.250. The van der Waals surface area contributed by atoms with Crippen molar-refractivity contribution in [3.63, 3.8) is 0 Å². The van der Waals surface area contributed by atoms with Crippen LogP contribution < -0.4 is 10.1 Å². The van der Waals surface area contributed by atoms with Gasteiger partial charge in [-0.05, 0) is 30.7 Å². The molecule has 6 nitrogen and oxygen atoms in total. The molecule has 0 bridgehead atoms. The van der Waals surface area contributed by atoms with E-state index in [4.69, 9.17) is 4.74 Å². The van der Waals surface area contributed by atoms with E-state index in [0.29, 0.717) is 12.3 Å². The highest BCUT2D eigenvalue weighted by Gasteiger charge is 2.08. The molecule has 1 heterocycles. The first-order valence-electron chi connectivity index (χ1n) is 5.69. The molecular weight excluding hydrogens is 232 g/mol. The second kappa shape index (κ2) is 5.81. The van der Waals surface area contributed by atoms with Crippen LogP contribution in [0, 0.1) is 0 Å². The van der Waals surface area contributed by atoms with Crippen molar-refractivity contribution in [1.29, 1.82) is 0 Å². The number of hydrogen-bond acceptors (Lipinski definition) is 4. The molecule has 0 atom stereocenters. The van der Waals surface area contributed by atoms with Gasteiger partial charge in [0, 0.05) is 5.69 Å². The number of anilines is 1. The maximum Gasteiger partial charge on any atom is 0.292 e. The minimum atomic E-state index is -0.324. The van der Waals surface area contributed by atoms with Crippen molar-refractivity contribution in [3.05, 3.63) is 36.4 Å². The zero-order valence-corrected chi connectivity index (χ0v) is 10.0. The Morgan fingerprint density at radius 2 is 2.17 bits per heavy atom. The number of hydrogen-bond donors (Lipinski definition) is 2. The van der Waals surface area contributed by atoms with Crippen LogP contribution in [0.4, 0.5) is 5.69 Å². The number of H-pyrrole nitrogens is 1. The molecule has 94 valence electrons. The van der Waals surface area contributed by atoms with Gasteiger partial charge in [0.25, 0.3) is 5.91 Å². The number of nitrogens with zero attached hydrogens (tertiary/aromatic N) is 2. The van der Waals surface area contributed by atoms with E-state index < -0.39 is 0 Å². The maximum atomic E-state index is 11.7. The smallest absolute Gasteiger partial charge is 0.292 e. The summed E-state index contributed by atoms with van der Waals surface area (Å²) in [5.41, 5.74) is 0.681. The number of aromatic amines is 1. The summed E-state index contributed by atoms with van der Waals surface area (Å²) in [5.74, 6) is 0.644. The lowest BCUT2D eigenvalue weighted by Gasteiger charge is -2.06. The predicted octanol–water partition coefficient (Wildman–Crippen LogP) is 1.85. The number of carbonyl (C=O) groups is 1. The SMILES string of the molecule is CCCOc1ccc(NC(=O)c2ncn[nH]2)cc1. The molecule has 0 saturated heterocycles. The van der Waals surface area contributed by atoms with Gasteiger partial charge in [0.2, 0.25) is 5.82 Å². The Morgan fingerprint density at radius 3 is 2.78 bits per heavy atom. The zero-order valence-electron chi connectivity index (χ0n) is 10.0. The molecule has 18 heavy (non-hydrogen) atoms. The maximum absolute atomic E-state index is 11.7. The van der Waals surface area contributed by atoms with Gasteiger partial charge in [-0.25, -0.2) is 4.98 Å². The van der Waals surface area contributed by atoms with E-state index in [1.807, 2.05) is 19.1 Å². The van der Waals surface area contributed by atoms with Crippen LogP contribution in [0.3, 0.4) is 0 Å². The molecule has 0 aliphatic heterocycles. The highest BCUT2D eigenvalue weighted by molar-refractivity contribution is 6.01. The number of aromatic nitrogens is 3. The van der Waals surface area contributed by atoms with Crippen molar-refractivity contribution in [1.82, 2.24) is 15.2 Å². The van der Waals surface area contributed by atoms with Gasteiger partial charge in [-0.15, -0.1) is 0 Å². The van der Waals surface area contributed by atoms with Crippen LogP contribution in [-0.4, -0.2) is 27.7 Å². The van der Waals surface area contributed by atoms with E-state index >= 15 is 0 Å². The quantitative estimate of drug-likeness (QED) is 0.843. The van der Waals surface area contributed by atoms with Crippen LogP contribution in [0.2, 0.25) is 0 Å². The number of ether oxygens (including phenoxy) is 1. The molecular formula is C12H14N4O2. The summed E-state index contributed by atoms with van der Waals surface area (Å²) < 4.78 is 5.45. The lowest BCUT2D eigenvalue weighted by molar-refractivity contribution is 0.101. The average Bonchev–Trinajstić information content (AvgIpc) is 2.92. The largest absolute Gasteiger partial charge is 0.494 e. The van der Waals surface area contributed by atoms with Crippen LogP contribution in [0.15, 0.2) is 30.6 Å². The highest BCUT2D eigenvalue weighted by Crippen LogP contribution is 2.16. The van der Waals surface area contributed by atoms with Crippen molar-refractivity contribution in [3.8, 4) is 5.75 Å². The number of rotatable bonds is 5. The number of nitrogens with one attached hydrogen (secondary N) is 2. The molecule has 0 saturated carbocycles. The van der Waals surface area contributed by atoms with Gasteiger partial charge in [-0.3, -0.25) is 9.89 Å². The molecule has 0 spiro atoms. The van der Waals surface area contributed by atoms with Crippen molar-refractivity contribution in [2.45, 2.75) is 13.3 Å². The summed E-state index contributed by atoms with van der Waals surface area (Å²) in [4.78, 5) is 15.4. The molecule has 6 heteroatoms. The Balaban J connectivity index is 1.96. The van der Waals surface area contributed by atoms with E-state index in [0.717, 1.165) is 12.2 Å². The van der Waals surface area contributed by atoms with Crippen LogP contribution >= 0.6 is 0 Å². The molecule has 0 unspecified atom stereocenters. The molecule has 0 aliphatic carbocycles. The topological polar surface area (TPSA) is 79.9 Å². The third kappa shape index (κ3) is 3.07. The number of carbonyl (C=O) groups excluding carboxylic acids is 1. The molecule has 1 aromatic carbocycles. The van der Waals surface area contributed by atoms with Crippen molar-refractivity contribution < 1.29 is 9.53 Å². The summed E-state index contributed by atoms with van der Waals surface area (Å²) in [7, 11) is 0. The molecule has 2 N–H and O–H groups in total. The van der Waals surface area contributed by atoms with Crippen molar-refractivity contribution in [2.75, 3.05) is 11.9 Å². The molecule has 2 rings (SSSR count). The normalized spacial score (nSPS) is 10.1. The summed E-state index contributed by atoms with van der Waals surface area (Å²) in [6.45, 7) is 2.73. The fourth-order valence-electron chi connectivity index (χ4n) is 1.36. The Bertz CT molecular complexity index is 493. The van der Waals surface area contributed by atoms with Gasteiger partial charge in [-0.1, -0.05) is 6.92 Å². The standard InChI is InChI=1S/C12H14N4O2/c1-2-7-18-10-5-3-9(4-6-10)15-12(17)11-13-8-14-16-11/h3-6,8H,2,7H2,1H3,(H,15,17)(H,13,14,16). The van der Waals surface area contributed by atoms with Crippen LogP contribution in [0.5, 0.6) is 5.75 Å². The highest BCUT2D eigenvalue weighted by atomic mass is 16.5. The van der Waals surface area contributed by atoms with Crippen LogP contribution in [0.1, 0.15) is 24.0 Å². The number of benzene rings is 1. The van der Waals surface area contributed by atoms with Gasteiger partial charge < -0.3 is 10.1 Å². The lowest BCUT2D eigenvalue weighted by atomic mass is 10.3. The first-order chi connectivity index (χ1) is 8.79. The summed E-state index contributed by atoms with van der Waals surface area (Å²) >= 11 is 0. The van der Waals surface area contributed by atoms with Gasteiger partial charge >= 0.3 is 0 Å². The average molecular weight is 246 g/mol. The summed E-state index contributed by atoms with van der Waals surface area (Å²) in [6.07, 6.45) is 2.25. The monoisotopic (exact) mass is 246 g/mol. The molecule has 1 amide bonds. The summed E-state index contributed by atoms with van der Waals surface area (Å²) in [5, 5.41) is 8.81. The van der Waals surface area contributed by atoms with Crippen molar-refractivity contribution >= 4 is 11.6 Å². The van der Waals surface area contributed by atoms with E-state index in [1.165, 1.54) is 6.33 Å². The molecule has 2 aromatic rings. The van der Waals surface area contributed by atoms with E-state index in [2.05, 4.69) is 20.5 Å². The molecule has 0 radical (unpaired) electrons. The third-order valence-corrected chi connectivity index (χ3v) is 2.22. The number of amides is 1. The minimum absolute atomic E-state index is 0.182. The van der Waals surface area contributed by atoms with Crippen LogP contribution in [0.25, 0.3) is 0 Å². The Kier molecular flexibility index (Phi) is 3.90. The molecule has 0 aliphatic rings. The predicted molar refractivity (Wildman–Crippen MR) is 66.6 cm³/mol. The fourth-order valence-corrected chi connectivity index (χ4v) is 1.36. The van der Waals surface area contributed by atoms with Crippen molar-refractivity contribution in [2.24, 2.45) is 0 Å². The summed E-state index contributed by atoms with van der Waals surface area (Å²) in [6, 6.07) is 7.18. The van der Waals surface area contributed by atoms with Gasteiger partial charge in [0.05, 0.1) is 6.61 Å². The Morgan fingerprint density at radius 1 is 1.39 bits per heavy atom. The second-order valence-corrected chi connectivity index (χ2v) is 3.66. The zero-order chi connectivity index (χ0) is 12.8. The van der Waals surface area contributed by atoms with Crippen LogP contribution in [-0.2, 0) is 0 Å². The van der Waals surface area contributed by atoms with Gasteiger partial charge in [0.1, 0.15) is 12.1 Å². The van der Waals surface area contributed by atoms with E-state index in [9.17, 15) is 4.79 Å². The van der Waals surface area contributed by atoms with E-state index in [1.54, 1.807) is 12.1 Å². The molecule has 1 aromatic heterocycles. The van der Waals surface area contributed by atoms with Gasteiger partial charge in [-0.2, -0.15) is 5.10 Å². The van der Waals surface area contributed by atoms with E-state index in [-0.39, 0.29) is 11.7 Å². The Hall–Kier alpha value is -2.37. The van der Waals surface area contributed by atoms with Gasteiger partial charge in [0.15, 0.2) is 0 Å². The third-order valence-electron chi connectivity index (χ3n) is 2.22. The Labute approximate surface area is 104 Å². The first kappa shape index (κ1) is 12.1. The molecule has 0 fully saturated rings. The second-order valence-electron chi connectivity index (χ2n) is 3.66. The minimum Gasteiger partial charge on any atom is -0.494 e. The lowest BCUT2D eigenvalue weighted by Crippen LogP contribution is -2.13. The first-order valence-corrected chi connectivity index (χ1v) is 5.69.